The second-order valence-corrected chi connectivity index (χ2v) is 17.5. The topological polar surface area (TPSA) is 158 Å². The van der Waals surface area contributed by atoms with Gasteiger partial charge in [0.15, 0.2) is 5.13 Å². The Morgan fingerprint density at radius 1 is 0.627 bits per heavy atom. The maximum Gasteiger partial charge on any atom is 0.225 e. The molecule has 0 radical (unpaired) electrons. The number of anilines is 4. The molecule has 8 rings (SSSR count). The Balaban J connectivity index is 0.000000199. The first kappa shape index (κ1) is 49.2. The zero-order valence-electron chi connectivity index (χ0n) is 40.2. The third kappa shape index (κ3) is 11.5. The molecule has 2 fully saturated rings. The van der Waals surface area contributed by atoms with E-state index >= 15 is 0 Å². The van der Waals surface area contributed by atoms with Crippen LogP contribution in [-0.2, 0) is 35.2 Å². The molecular weight excluding hydrogens is 886 g/mol. The molecule has 15 nitrogen and oxygen atoms in total. The van der Waals surface area contributed by atoms with Crippen LogP contribution >= 0.6 is 22.9 Å². The van der Waals surface area contributed by atoms with Crippen LogP contribution in [0.25, 0.3) is 22.5 Å². The Morgan fingerprint density at radius 3 is 1.64 bits per heavy atom. The standard InChI is InChI=1S/C26H34N6O2.C24H30ClN5O2S/c1-6-20-24(19-11-10-18(33-5)14-17(19)4)29-21(7-2)25(30-20)31-22-15-32(16-23(22)34-8-3)26-27-12-9-13-28-26;1-5-18-22(16-9-8-15(31-4)12-17(16)25)27-19(6-2)23(28-18)29-20-13-30(14-21(20)32-7-3)24-26-10-11-33-24/h9-14,22-23H,6-8,15-16H2,1-5H3,(H,30,31);8-12,20-21H,5-7,13-14H2,1-4H3,(H,28,29)/t22-,23+;20-,21+/m11/s1. The second-order valence-electron chi connectivity index (χ2n) is 16.2. The predicted molar refractivity (Wildman–Crippen MR) is 270 cm³/mol. The maximum absolute atomic E-state index is 6.57. The number of hydrogen-bond acceptors (Lipinski definition) is 16. The minimum Gasteiger partial charge on any atom is -0.497 e. The minimum absolute atomic E-state index is 0.00824. The number of thiazole rings is 1. The molecule has 2 saturated heterocycles. The van der Waals surface area contributed by atoms with Crippen molar-refractivity contribution in [2.45, 2.75) is 98.4 Å². The molecule has 4 atom stereocenters. The number of hydrogen-bond donors (Lipinski definition) is 2. The van der Waals surface area contributed by atoms with Crippen molar-refractivity contribution in [3.05, 3.63) is 99.8 Å². The summed E-state index contributed by atoms with van der Waals surface area (Å²) in [5, 5.41) is 10.9. The van der Waals surface area contributed by atoms with Gasteiger partial charge in [0.1, 0.15) is 23.1 Å². The quantitative estimate of drug-likeness (QED) is 0.0840. The Kier molecular flexibility index (Phi) is 17.2. The molecule has 0 unspecified atom stereocenters. The fourth-order valence-electron chi connectivity index (χ4n) is 8.59. The van der Waals surface area contributed by atoms with E-state index in [-0.39, 0.29) is 24.3 Å². The van der Waals surface area contributed by atoms with Gasteiger partial charge in [-0.05, 0) is 94.5 Å². The van der Waals surface area contributed by atoms with Gasteiger partial charge in [-0.1, -0.05) is 39.3 Å². The van der Waals surface area contributed by atoms with Crippen molar-refractivity contribution >= 4 is 45.7 Å². The first-order chi connectivity index (χ1) is 32.6. The predicted octanol–water partition coefficient (Wildman–Crippen LogP) is 9.17. The van der Waals surface area contributed by atoms with Gasteiger partial charge in [-0.25, -0.2) is 34.9 Å². The van der Waals surface area contributed by atoms with Crippen LogP contribution in [0, 0.1) is 6.92 Å². The van der Waals surface area contributed by atoms with Crippen molar-refractivity contribution < 1.29 is 18.9 Å². The normalized spacial score (nSPS) is 17.9. The summed E-state index contributed by atoms with van der Waals surface area (Å²) < 4.78 is 22.8. The molecule has 2 aliphatic heterocycles. The number of methoxy groups -OCH3 is 2. The van der Waals surface area contributed by atoms with Crippen molar-refractivity contribution in [3.63, 3.8) is 0 Å². The summed E-state index contributed by atoms with van der Waals surface area (Å²) in [6.45, 7) is 18.9. The fraction of sp³-hybridized carbons (Fsp3) is 0.460. The second kappa shape index (κ2) is 23.4. The molecule has 0 amide bonds. The molecular formula is C50H64ClN11O4S. The lowest BCUT2D eigenvalue weighted by Gasteiger charge is -2.22. The molecule has 17 heteroatoms. The Labute approximate surface area is 404 Å². The zero-order chi connectivity index (χ0) is 47.5. The number of ether oxygens (including phenoxy) is 4. The van der Waals surface area contributed by atoms with Gasteiger partial charge in [-0.15, -0.1) is 11.3 Å². The summed E-state index contributed by atoms with van der Waals surface area (Å²) in [5.41, 5.74) is 8.59. The van der Waals surface area contributed by atoms with E-state index in [0.717, 1.165) is 137 Å². The molecule has 0 bridgehead atoms. The van der Waals surface area contributed by atoms with Crippen LogP contribution in [0.15, 0.2) is 66.4 Å². The van der Waals surface area contributed by atoms with E-state index in [4.69, 9.17) is 50.5 Å². The summed E-state index contributed by atoms with van der Waals surface area (Å²) >= 11 is 8.22. The van der Waals surface area contributed by atoms with Gasteiger partial charge in [0.2, 0.25) is 5.95 Å². The molecule has 0 saturated carbocycles. The molecule has 356 valence electrons. The van der Waals surface area contributed by atoms with Gasteiger partial charge >= 0.3 is 0 Å². The number of benzene rings is 2. The SMILES string of the molecule is CCO[C@H]1CN(c2ncccn2)C[C@H]1Nc1nc(CC)c(-c2ccc(OC)cc2C)nc1CC.CCO[C@H]1CN(c2nccs2)C[C@H]1Nc1nc(CC)c(-c2ccc(OC)cc2Cl)nc1CC. The van der Waals surface area contributed by atoms with E-state index in [1.165, 1.54) is 0 Å². The highest BCUT2D eigenvalue weighted by atomic mass is 35.5. The summed E-state index contributed by atoms with van der Waals surface area (Å²) in [7, 11) is 3.32. The van der Waals surface area contributed by atoms with Gasteiger partial charge < -0.3 is 39.4 Å². The van der Waals surface area contributed by atoms with Crippen molar-refractivity contribution in [2.24, 2.45) is 0 Å². The molecule has 6 aromatic rings. The molecule has 2 aromatic carbocycles. The van der Waals surface area contributed by atoms with Crippen LogP contribution in [-0.4, -0.2) is 113 Å². The Hall–Kier alpha value is -5.68. The minimum atomic E-state index is 0.00824. The van der Waals surface area contributed by atoms with Crippen LogP contribution in [0.3, 0.4) is 0 Å². The zero-order valence-corrected chi connectivity index (χ0v) is 41.7. The van der Waals surface area contributed by atoms with Crippen molar-refractivity contribution in [2.75, 3.05) is 74.0 Å². The number of nitrogens with one attached hydrogen (secondary N) is 2. The van der Waals surface area contributed by atoms with E-state index in [2.05, 4.69) is 76.1 Å². The highest BCUT2D eigenvalue weighted by Gasteiger charge is 2.37. The Morgan fingerprint density at radius 2 is 1.15 bits per heavy atom. The van der Waals surface area contributed by atoms with Crippen molar-refractivity contribution in [1.82, 2.24) is 34.9 Å². The maximum atomic E-state index is 6.57. The third-order valence-electron chi connectivity index (χ3n) is 12.0. The molecule has 6 heterocycles. The summed E-state index contributed by atoms with van der Waals surface area (Å²) in [6.07, 6.45) is 8.50. The average molecular weight is 951 g/mol. The van der Waals surface area contributed by atoms with E-state index in [0.29, 0.717) is 18.2 Å². The number of aromatic nitrogens is 7. The largest absolute Gasteiger partial charge is 0.497 e. The monoisotopic (exact) mass is 949 g/mol. The van der Waals surface area contributed by atoms with E-state index < -0.39 is 0 Å². The lowest BCUT2D eigenvalue weighted by atomic mass is 10.0. The first-order valence-electron chi connectivity index (χ1n) is 23.4. The molecule has 2 N–H and O–H groups in total. The number of rotatable bonds is 18. The van der Waals surface area contributed by atoms with Crippen LogP contribution in [0.1, 0.15) is 69.9 Å². The van der Waals surface area contributed by atoms with Crippen molar-refractivity contribution in [1.29, 1.82) is 0 Å². The number of aryl methyl sites for hydroxylation is 5. The molecule has 0 spiro atoms. The molecule has 67 heavy (non-hydrogen) atoms. The van der Waals surface area contributed by atoms with Gasteiger partial charge in [-0.3, -0.25) is 0 Å². The summed E-state index contributed by atoms with van der Waals surface area (Å²) in [6, 6.07) is 13.7. The number of halogens is 1. The van der Waals surface area contributed by atoms with Crippen LogP contribution < -0.4 is 29.9 Å². The van der Waals surface area contributed by atoms with Crippen LogP contribution in [0.4, 0.5) is 22.7 Å². The van der Waals surface area contributed by atoms with E-state index in [9.17, 15) is 0 Å². The lowest BCUT2D eigenvalue weighted by molar-refractivity contribution is 0.0718. The van der Waals surface area contributed by atoms with Gasteiger partial charge in [0.05, 0.1) is 77.7 Å². The molecule has 4 aromatic heterocycles. The van der Waals surface area contributed by atoms with E-state index in [1.54, 1.807) is 38.0 Å². The van der Waals surface area contributed by atoms with Gasteiger partial charge in [-0.2, -0.15) is 0 Å². The molecule has 0 aliphatic carbocycles. The van der Waals surface area contributed by atoms with Crippen LogP contribution in [0.5, 0.6) is 11.5 Å². The van der Waals surface area contributed by atoms with Gasteiger partial charge in [0.25, 0.3) is 0 Å². The smallest absolute Gasteiger partial charge is 0.225 e. The lowest BCUT2D eigenvalue weighted by Crippen LogP contribution is -2.35. The Bertz CT molecular complexity index is 2540. The average Bonchev–Trinajstić information content (AvgIpc) is 4.13. The first-order valence-corrected chi connectivity index (χ1v) is 24.6. The number of nitrogens with zero attached hydrogens (tertiary/aromatic N) is 9. The van der Waals surface area contributed by atoms with Crippen LogP contribution in [0.2, 0.25) is 5.02 Å². The highest BCUT2D eigenvalue weighted by Crippen LogP contribution is 2.35. The van der Waals surface area contributed by atoms with E-state index in [1.807, 2.05) is 61.8 Å². The third-order valence-corrected chi connectivity index (χ3v) is 13.1. The fourth-order valence-corrected chi connectivity index (χ4v) is 9.51. The molecule has 2 aliphatic rings. The van der Waals surface area contributed by atoms with Gasteiger partial charge in [0, 0.05) is 74.5 Å². The van der Waals surface area contributed by atoms with Crippen molar-refractivity contribution in [3.8, 4) is 34.0 Å². The summed E-state index contributed by atoms with van der Waals surface area (Å²) in [5.74, 6) is 3.93. The highest BCUT2D eigenvalue weighted by molar-refractivity contribution is 7.13. The summed E-state index contributed by atoms with van der Waals surface area (Å²) in [4.78, 5) is 37.9.